The Balaban J connectivity index is 0.00000280. The molecule has 3 atom stereocenters. The van der Waals surface area contributed by atoms with Crippen molar-refractivity contribution in [1.82, 2.24) is 5.32 Å². The summed E-state index contributed by atoms with van der Waals surface area (Å²) < 4.78 is 36.4. The van der Waals surface area contributed by atoms with Crippen LogP contribution in [0.15, 0.2) is 22.8 Å². The standard InChI is InChI=1S/C19H27NO6S.2CH4.H2S/c1-13-18(16(21)11-26-13)20-19(22)17(10-14-6-3-2-4-7-14)27(23,24)12-15-8-5-9-25-15;;;/h5,8-9,13-14,17-18H,2-4,6-7,10-12H2,1H3,(H,20,22);2*1H4;1H2/t13-,17+,18+;;;/m0.../s1. The lowest BCUT2D eigenvalue weighted by Crippen LogP contribution is -2.50. The van der Waals surface area contributed by atoms with E-state index in [0.717, 1.165) is 32.1 Å². The van der Waals surface area contributed by atoms with Crippen LogP contribution in [0.4, 0.5) is 0 Å². The van der Waals surface area contributed by atoms with E-state index in [2.05, 4.69) is 5.32 Å². The normalized spacial score (nSPS) is 22.9. The molecule has 1 saturated heterocycles. The summed E-state index contributed by atoms with van der Waals surface area (Å²) in [5, 5.41) is 1.44. The van der Waals surface area contributed by atoms with E-state index >= 15 is 0 Å². The van der Waals surface area contributed by atoms with Gasteiger partial charge < -0.3 is 14.5 Å². The second kappa shape index (κ2) is 12.5. The van der Waals surface area contributed by atoms with Gasteiger partial charge in [-0.15, -0.1) is 0 Å². The van der Waals surface area contributed by atoms with Crippen LogP contribution in [-0.2, 0) is 29.9 Å². The summed E-state index contributed by atoms with van der Waals surface area (Å²) in [4.78, 5) is 24.8. The molecule has 1 aromatic rings. The summed E-state index contributed by atoms with van der Waals surface area (Å²) in [6.45, 7) is 1.64. The minimum atomic E-state index is -3.78. The molecule has 0 radical (unpaired) electrons. The van der Waals surface area contributed by atoms with Crippen molar-refractivity contribution in [2.24, 2.45) is 5.92 Å². The van der Waals surface area contributed by atoms with Gasteiger partial charge in [-0.05, 0) is 31.4 Å². The zero-order valence-corrected chi connectivity index (χ0v) is 17.9. The zero-order valence-electron chi connectivity index (χ0n) is 16.1. The minimum Gasteiger partial charge on any atom is -0.468 e. The molecule has 0 unspecified atom stereocenters. The van der Waals surface area contributed by atoms with E-state index in [1.54, 1.807) is 19.1 Å². The molecule has 0 aromatic carbocycles. The van der Waals surface area contributed by atoms with E-state index in [1.807, 2.05) is 0 Å². The van der Waals surface area contributed by atoms with Crippen LogP contribution in [-0.4, -0.2) is 44.1 Å². The lowest BCUT2D eigenvalue weighted by Gasteiger charge is -2.27. The Morgan fingerprint density at radius 3 is 2.43 bits per heavy atom. The van der Waals surface area contributed by atoms with Crippen molar-refractivity contribution in [3.63, 3.8) is 0 Å². The molecule has 2 aliphatic rings. The Labute approximate surface area is 187 Å². The fourth-order valence-electron chi connectivity index (χ4n) is 3.94. The van der Waals surface area contributed by atoms with Gasteiger partial charge in [0.25, 0.3) is 0 Å². The number of sulfone groups is 1. The summed E-state index contributed by atoms with van der Waals surface area (Å²) in [7, 11) is -3.78. The summed E-state index contributed by atoms with van der Waals surface area (Å²) in [6, 6.07) is 2.42. The third kappa shape index (κ3) is 7.13. The molecule has 1 saturated carbocycles. The molecule has 7 nitrogen and oxygen atoms in total. The fourth-order valence-corrected chi connectivity index (χ4v) is 5.66. The molecule has 2 fully saturated rings. The number of carbonyl (C=O) groups excluding carboxylic acids is 2. The summed E-state index contributed by atoms with van der Waals surface area (Å²) in [5.74, 6) is -0.646. The number of ketones is 1. The smallest absolute Gasteiger partial charge is 0.239 e. The highest BCUT2D eigenvalue weighted by Gasteiger charge is 2.40. The van der Waals surface area contributed by atoms with Crippen molar-refractivity contribution in [3.05, 3.63) is 24.2 Å². The van der Waals surface area contributed by atoms with E-state index in [0.29, 0.717) is 5.76 Å². The van der Waals surface area contributed by atoms with Crippen LogP contribution < -0.4 is 5.32 Å². The number of furan rings is 1. The summed E-state index contributed by atoms with van der Waals surface area (Å²) in [6.07, 6.45) is 6.38. The van der Waals surface area contributed by atoms with Gasteiger partial charge in [-0.2, -0.15) is 13.5 Å². The first kappa shape index (κ1) is 28.7. The highest BCUT2D eigenvalue weighted by atomic mass is 32.2. The Morgan fingerprint density at radius 2 is 1.90 bits per heavy atom. The molecule has 1 aliphatic heterocycles. The lowest BCUT2D eigenvalue weighted by molar-refractivity contribution is -0.126. The molecule has 3 rings (SSSR count). The first-order chi connectivity index (χ1) is 12.9. The second-order valence-electron chi connectivity index (χ2n) is 7.58. The molecule has 1 N–H and O–H groups in total. The van der Waals surface area contributed by atoms with Gasteiger partial charge in [0, 0.05) is 0 Å². The van der Waals surface area contributed by atoms with E-state index in [9.17, 15) is 18.0 Å². The van der Waals surface area contributed by atoms with Crippen LogP contribution in [0.5, 0.6) is 0 Å². The Bertz CT molecular complexity index is 756. The molecule has 0 spiro atoms. The van der Waals surface area contributed by atoms with Gasteiger partial charge in [-0.3, -0.25) is 9.59 Å². The maximum absolute atomic E-state index is 13.0. The molecule has 30 heavy (non-hydrogen) atoms. The number of hydrogen-bond donors (Lipinski definition) is 1. The topological polar surface area (TPSA) is 103 Å². The minimum absolute atomic E-state index is 0. The largest absolute Gasteiger partial charge is 0.468 e. The van der Waals surface area contributed by atoms with Gasteiger partial charge in [0.15, 0.2) is 15.6 Å². The monoisotopic (exact) mass is 463 g/mol. The van der Waals surface area contributed by atoms with E-state index in [4.69, 9.17) is 9.15 Å². The SMILES string of the molecule is C.C.C[C@@H]1OCC(=O)[C@@H]1NC(=O)[C@@H](CC1CCCCC1)S(=O)(=O)Cc1ccco1.S. The number of ether oxygens (including phenoxy) is 1. The van der Waals surface area contributed by atoms with Gasteiger partial charge >= 0.3 is 0 Å². The van der Waals surface area contributed by atoms with Crippen molar-refractivity contribution in [1.29, 1.82) is 0 Å². The lowest BCUT2D eigenvalue weighted by atomic mass is 9.86. The Morgan fingerprint density at radius 1 is 1.23 bits per heavy atom. The van der Waals surface area contributed by atoms with Crippen LogP contribution in [0.3, 0.4) is 0 Å². The molecule has 2 heterocycles. The molecule has 0 bridgehead atoms. The molecular formula is C21H37NO6S2. The van der Waals surface area contributed by atoms with Crippen LogP contribution in [0, 0.1) is 5.92 Å². The van der Waals surface area contributed by atoms with Crippen LogP contribution in [0.2, 0.25) is 0 Å². The molecule has 1 aromatic heterocycles. The average Bonchev–Trinajstić information content (AvgIpc) is 3.25. The van der Waals surface area contributed by atoms with Crippen molar-refractivity contribution in [2.75, 3.05) is 6.61 Å². The third-order valence-electron chi connectivity index (χ3n) is 5.52. The maximum atomic E-state index is 13.0. The highest BCUT2D eigenvalue weighted by molar-refractivity contribution is 7.92. The number of carbonyl (C=O) groups is 2. The Hall–Kier alpha value is -1.32. The summed E-state index contributed by atoms with van der Waals surface area (Å²) in [5.41, 5.74) is 0. The van der Waals surface area contributed by atoms with Gasteiger partial charge in [-0.1, -0.05) is 47.0 Å². The molecule has 174 valence electrons. The number of amides is 1. The van der Waals surface area contributed by atoms with Crippen molar-refractivity contribution in [2.45, 2.75) is 83.5 Å². The Kier molecular flexibility index (Phi) is 12.0. The van der Waals surface area contributed by atoms with E-state index < -0.39 is 33.1 Å². The average molecular weight is 464 g/mol. The van der Waals surface area contributed by atoms with Crippen LogP contribution in [0.1, 0.15) is 66.1 Å². The molecule has 9 heteroatoms. The van der Waals surface area contributed by atoms with Crippen molar-refractivity contribution in [3.8, 4) is 0 Å². The van der Waals surface area contributed by atoms with E-state index in [-0.39, 0.29) is 58.8 Å². The first-order valence-electron chi connectivity index (χ1n) is 9.55. The van der Waals surface area contributed by atoms with E-state index in [1.165, 1.54) is 6.26 Å². The fraction of sp³-hybridized carbons (Fsp3) is 0.714. The van der Waals surface area contributed by atoms with Gasteiger partial charge in [-0.25, -0.2) is 8.42 Å². The van der Waals surface area contributed by atoms with Crippen molar-refractivity contribution < 1.29 is 27.2 Å². The van der Waals surface area contributed by atoms with Crippen LogP contribution >= 0.6 is 13.5 Å². The molecule has 1 amide bonds. The maximum Gasteiger partial charge on any atom is 0.239 e. The van der Waals surface area contributed by atoms with Gasteiger partial charge in [0.2, 0.25) is 5.91 Å². The molecule has 1 aliphatic carbocycles. The summed E-state index contributed by atoms with van der Waals surface area (Å²) >= 11 is 0. The number of rotatable bonds is 7. The second-order valence-corrected chi connectivity index (χ2v) is 9.77. The third-order valence-corrected chi connectivity index (χ3v) is 7.48. The van der Waals surface area contributed by atoms with Gasteiger partial charge in [0.05, 0.1) is 12.4 Å². The number of nitrogens with one attached hydrogen (secondary N) is 1. The quantitative estimate of drug-likeness (QED) is 0.665. The zero-order chi connectivity index (χ0) is 19.4. The van der Waals surface area contributed by atoms with Gasteiger partial charge in [0.1, 0.15) is 29.4 Å². The van der Waals surface area contributed by atoms with Crippen LogP contribution in [0.25, 0.3) is 0 Å². The predicted octanol–water partition coefficient (Wildman–Crippen LogP) is 3.39. The number of hydrogen-bond acceptors (Lipinski definition) is 6. The highest BCUT2D eigenvalue weighted by Crippen LogP contribution is 2.30. The number of Topliss-reactive ketones (excluding diaryl/α,β-unsaturated/α-hetero) is 1. The first-order valence-corrected chi connectivity index (χ1v) is 11.3. The van der Waals surface area contributed by atoms with Crippen molar-refractivity contribution >= 4 is 35.0 Å². The predicted molar refractivity (Wildman–Crippen MR) is 123 cm³/mol. The molecular weight excluding hydrogens is 426 g/mol.